The van der Waals surface area contributed by atoms with E-state index in [1.807, 2.05) is 0 Å². The molecule has 0 amide bonds. The normalized spacial score (nSPS) is 12.8. The lowest BCUT2D eigenvalue weighted by Gasteiger charge is -2.18. The lowest BCUT2D eigenvalue weighted by molar-refractivity contribution is 0.541. The topological polar surface area (TPSA) is 60.2 Å². The van der Waals surface area contributed by atoms with Crippen molar-refractivity contribution in [2.75, 3.05) is 5.75 Å². The van der Waals surface area contributed by atoms with E-state index in [1.165, 1.54) is 18.2 Å². The molecule has 1 aromatic carbocycles. The lowest BCUT2D eigenvalue weighted by atomic mass is 10.1. The Balaban J connectivity index is 2.94. The molecule has 96 valence electrons. The molecule has 1 rings (SSSR count). The Labute approximate surface area is 109 Å². The first-order chi connectivity index (χ1) is 7.59. The predicted octanol–water partition coefficient (Wildman–Crippen LogP) is 2.24. The van der Waals surface area contributed by atoms with Crippen molar-refractivity contribution >= 4 is 25.8 Å². The summed E-state index contributed by atoms with van der Waals surface area (Å²) in [6, 6.07) is 4.23. The third kappa shape index (κ3) is 5.14. The average molecular weight is 324 g/mol. The van der Waals surface area contributed by atoms with Crippen LogP contribution >= 0.6 is 15.9 Å². The monoisotopic (exact) mass is 323 g/mol. The zero-order valence-electron chi connectivity index (χ0n) is 9.70. The van der Waals surface area contributed by atoms with Gasteiger partial charge >= 0.3 is 0 Å². The van der Waals surface area contributed by atoms with Crippen molar-refractivity contribution in [3.63, 3.8) is 0 Å². The van der Waals surface area contributed by atoms with E-state index < -0.39 is 21.2 Å². The van der Waals surface area contributed by atoms with Crippen LogP contribution in [0.1, 0.15) is 19.4 Å². The maximum atomic E-state index is 13.4. The van der Waals surface area contributed by atoms with E-state index in [9.17, 15) is 12.8 Å². The van der Waals surface area contributed by atoms with Crippen LogP contribution in [0.15, 0.2) is 22.7 Å². The Bertz CT molecular complexity index is 509. The molecule has 0 heterocycles. The third-order valence-corrected chi connectivity index (χ3v) is 4.40. The van der Waals surface area contributed by atoms with E-state index in [0.717, 1.165) is 0 Å². The SMILES string of the molecule is CC(C)(N)CS(=O)(=O)Cc1cc(Br)ccc1F. The first kappa shape index (κ1) is 14.6. The average Bonchev–Trinajstić information content (AvgIpc) is 2.06. The Morgan fingerprint density at radius 3 is 2.53 bits per heavy atom. The molecule has 1 aromatic rings. The van der Waals surface area contributed by atoms with Gasteiger partial charge in [-0.2, -0.15) is 0 Å². The molecule has 2 N–H and O–H groups in total. The first-order valence-corrected chi connectivity index (χ1v) is 7.64. The van der Waals surface area contributed by atoms with E-state index in [2.05, 4.69) is 15.9 Å². The lowest BCUT2D eigenvalue weighted by Crippen LogP contribution is -2.40. The highest BCUT2D eigenvalue weighted by molar-refractivity contribution is 9.10. The second-order valence-corrected chi connectivity index (χ2v) is 7.74. The summed E-state index contributed by atoms with van der Waals surface area (Å²) < 4.78 is 37.7. The van der Waals surface area contributed by atoms with Crippen LogP contribution in [0.3, 0.4) is 0 Å². The van der Waals surface area contributed by atoms with Crippen molar-refractivity contribution in [2.45, 2.75) is 25.1 Å². The van der Waals surface area contributed by atoms with Gasteiger partial charge in [-0.3, -0.25) is 0 Å². The third-order valence-electron chi connectivity index (χ3n) is 1.98. The van der Waals surface area contributed by atoms with Crippen LogP contribution < -0.4 is 5.73 Å². The number of rotatable bonds is 4. The second kappa shape index (κ2) is 5.04. The van der Waals surface area contributed by atoms with Crippen LogP contribution in [0.25, 0.3) is 0 Å². The summed E-state index contributed by atoms with van der Waals surface area (Å²) in [4.78, 5) is 0. The summed E-state index contributed by atoms with van der Waals surface area (Å²) in [6.07, 6.45) is 0. The van der Waals surface area contributed by atoms with Crippen molar-refractivity contribution in [3.8, 4) is 0 Å². The maximum absolute atomic E-state index is 13.4. The molecule has 0 bridgehead atoms. The molecule has 0 spiro atoms. The summed E-state index contributed by atoms with van der Waals surface area (Å²) in [7, 11) is -3.42. The molecule has 0 aliphatic carbocycles. The van der Waals surface area contributed by atoms with Gasteiger partial charge in [0.1, 0.15) is 5.82 Å². The fourth-order valence-electron chi connectivity index (χ4n) is 1.51. The van der Waals surface area contributed by atoms with Gasteiger partial charge in [0.2, 0.25) is 0 Å². The number of nitrogens with two attached hydrogens (primary N) is 1. The molecule has 17 heavy (non-hydrogen) atoms. The van der Waals surface area contributed by atoms with E-state index >= 15 is 0 Å². The van der Waals surface area contributed by atoms with E-state index in [4.69, 9.17) is 5.73 Å². The van der Waals surface area contributed by atoms with Gasteiger partial charge in [0, 0.05) is 15.6 Å². The van der Waals surface area contributed by atoms with Crippen LogP contribution in [0.5, 0.6) is 0 Å². The minimum Gasteiger partial charge on any atom is -0.325 e. The van der Waals surface area contributed by atoms with Gasteiger partial charge in [0.25, 0.3) is 0 Å². The summed E-state index contributed by atoms with van der Waals surface area (Å²) in [5, 5.41) is 0. The van der Waals surface area contributed by atoms with Gasteiger partial charge in [-0.25, -0.2) is 12.8 Å². The summed E-state index contributed by atoms with van der Waals surface area (Å²) in [5.41, 5.74) is 5.00. The minimum atomic E-state index is -3.42. The van der Waals surface area contributed by atoms with Crippen LogP contribution in [-0.2, 0) is 15.6 Å². The van der Waals surface area contributed by atoms with Crippen LogP contribution in [0, 0.1) is 5.82 Å². The highest BCUT2D eigenvalue weighted by Crippen LogP contribution is 2.19. The quantitative estimate of drug-likeness (QED) is 0.924. The van der Waals surface area contributed by atoms with Crippen molar-refractivity contribution in [1.29, 1.82) is 0 Å². The van der Waals surface area contributed by atoms with Gasteiger partial charge < -0.3 is 5.73 Å². The summed E-state index contributed by atoms with van der Waals surface area (Å²) >= 11 is 3.18. The number of hydrogen-bond donors (Lipinski definition) is 1. The second-order valence-electron chi connectivity index (χ2n) is 4.76. The molecule has 0 fully saturated rings. The molecular weight excluding hydrogens is 309 g/mol. The standard InChI is InChI=1S/C11H15BrFNO2S/c1-11(2,14)7-17(15,16)6-8-5-9(12)3-4-10(8)13/h3-5H,6-7,14H2,1-2H3. The van der Waals surface area contributed by atoms with E-state index in [1.54, 1.807) is 13.8 Å². The summed E-state index contributed by atoms with van der Waals surface area (Å²) in [5.74, 6) is -1.03. The largest absolute Gasteiger partial charge is 0.325 e. The van der Waals surface area contributed by atoms with Crippen LogP contribution in [0.2, 0.25) is 0 Å². The van der Waals surface area contributed by atoms with Gasteiger partial charge in [0.05, 0.1) is 11.5 Å². The molecule has 0 aliphatic heterocycles. The highest BCUT2D eigenvalue weighted by Gasteiger charge is 2.23. The maximum Gasteiger partial charge on any atom is 0.156 e. The number of sulfone groups is 1. The molecule has 0 saturated carbocycles. The van der Waals surface area contributed by atoms with Crippen molar-refractivity contribution in [2.24, 2.45) is 5.73 Å². The molecule has 0 atom stereocenters. The Morgan fingerprint density at radius 2 is 2.00 bits per heavy atom. The number of hydrogen-bond acceptors (Lipinski definition) is 3. The molecule has 3 nitrogen and oxygen atoms in total. The van der Waals surface area contributed by atoms with Crippen molar-refractivity contribution in [3.05, 3.63) is 34.1 Å². The fourth-order valence-corrected chi connectivity index (χ4v) is 3.85. The van der Waals surface area contributed by atoms with Gasteiger partial charge in [-0.1, -0.05) is 15.9 Å². The van der Waals surface area contributed by atoms with E-state index in [0.29, 0.717) is 4.47 Å². The Kier molecular flexibility index (Phi) is 4.33. The number of benzene rings is 1. The van der Waals surface area contributed by atoms with Crippen molar-refractivity contribution < 1.29 is 12.8 Å². The predicted molar refractivity (Wildman–Crippen MR) is 69.9 cm³/mol. The molecule has 0 unspecified atom stereocenters. The van der Waals surface area contributed by atoms with Crippen molar-refractivity contribution in [1.82, 2.24) is 0 Å². The van der Waals surface area contributed by atoms with Gasteiger partial charge in [-0.05, 0) is 32.0 Å². The Morgan fingerprint density at radius 1 is 1.41 bits per heavy atom. The first-order valence-electron chi connectivity index (χ1n) is 5.02. The smallest absolute Gasteiger partial charge is 0.156 e. The van der Waals surface area contributed by atoms with Gasteiger partial charge in [-0.15, -0.1) is 0 Å². The van der Waals surface area contributed by atoms with Gasteiger partial charge in [0.15, 0.2) is 9.84 Å². The molecular formula is C11H15BrFNO2S. The molecule has 0 radical (unpaired) electrons. The molecule has 0 saturated heterocycles. The van der Waals surface area contributed by atoms with E-state index in [-0.39, 0.29) is 17.1 Å². The zero-order chi connectivity index (χ0) is 13.3. The van der Waals surface area contributed by atoms with Crippen LogP contribution in [0.4, 0.5) is 4.39 Å². The molecule has 0 aliphatic rings. The van der Waals surface area contributed by atoms with Crippen LogP contribution in [-0.4, -0.2) is 19.7 Å². The number of halogens is 2. The molecule has 6 heteroatoms. The Hall–Kier alpha value is -0.460. The fraction of sp³-hybridized carbons (Fsp3) is 0.455. The molecule has 0 aromatic heterocycles. The summed E-state index contributed by atoms with van der Waals surface area (Å²) in [6.45, 7) is 3.25. The highest BCUT2D eigenvalue weighted by atomic mass is 79.9. The minimum absolute atomic E-state index is 0.156. The zero-order valence-corrected chi connectivity index (χ0v) is 12.1.